The standard InChI is InChI=1S/C45H43N5O6.C32H27N5O3.C30H26N6O2.C7H7NO.CH4/c1-45(2,3)56-44(52)47-35(23-30-11-7-5-8-12-30)29-55-37-25-38(41(46-26-37)34-21-22-54-28-34)33-17-20-40-39(24-33)42(48-43(51)32-13-9-6-10-14-32)49-50(40)27-31-15-18-36(53-4)19-16-31;33-25(15-21-7-3-1-4-8-21)20-40-26-17-27(30(34-18-26)24-13-14-39-19-24)23-11-12-29-28(16-23)31(37-36-29)35-32(38)22-9-5-2-6-10-22;31-23(14-20-4-2-1-3-5-20)19-38-25-16-26(29(33-17-25)22-10-13-37-18-22)21-6-7-28-27(15-21)30(36-35-28)34-24-8-11-32-12-9-24;8-7(9)6-4-2-1-3-5-6;/h5-22,24-26,28,35H,23,27,29H2,1-4H3,(H,47,52)(H,48,49,51);1-14,16-19,25H,15,20,33H2,(H2,35,36,37,38);1-13,15-18,23H,14,19,31H2,(H2,32,34,35,36);1-5H,(H2,8,9);1H4/t35-;25-;23-;;/m000../s1. The zero-order valence-corrected chi connectivity index (χ0v) is 78.7. The molecule has 12 N–H and O–H groups in total. The highest BCUT2D eigenvalue weighted by atomic mass is 16.6. The number of alkyl carbamates (subject to hydrolysis) is 1. The van der Waals surface area contributed by atoms with Gasteiger partial charge in [0.05, 0.1) is 109 Å². The van der Waals surface area contributed by atoms with E-state index in [1.807, 2.05) is 256 Å². The third kappa shape index (κ3) is 26.2. The highest BCUT2D eigenvalue weighted by Crippen LogP contribution is 2.41. The molecule has 4 amide bonds. The molecule has 10 aromatic heterocycles. The van der Waals surface area contributed by atoms with E-state index in [-0.39, 0.29) is 43.8 Å². The lowest BCUT2D eigenvalue weighted by Crippen LogP contribution is -2.43. The minimum Gasteiger partial charge on any atom is -0.497 e. The molecular formula is C115H107N17O12. The first-order valence-corrected chi connectivity index (χ1v) is 46.2. The number of pyridine rings is 4. The Morgan fingerprint density at radius 2 is 0.833 bits per heavy atom. The number of furan rings is 3. The van der Waals surface area contributed by atoms with Crippen molar-refractivity contribution in [1.82, 2.24) is 55.4 Å². The number of hydrogen-bond acceptors (Lipinski definition) is 22. The van der Waals surface area contributed by atoms with Crippen molar-refractivity contribution in [2.45, 2.75) is 77.7 Å². The van der Waals surface area contributed by atoms with Crippen LogP contribution in [0.3, 0.4) is 0 Å². The summed E-state index contributed by atoms with van der Waals surface area (Å²) in [4.78, 5) is 67.9. The Morgan fingerprint density at radius 1 is 0.424 bits per heavy atom. The Kier molecular flexibility index (Phi) is 32.4. The molecule has 0 aliphatic rings. The zero-order valence-electron chi connectivity index (χ0n) is 78.7. The smallest absolute Gasteiger partial charge is 0.408 e. The number of H-pyrrole nitrogens is 2. The van der Waals surface area contributed by atoms with E-state index in [1.165, 1.54) is 5.56 Å². The van der Waals surface area contributed by atoms with E-state index in [0.29, 0.717) is 83.9 Å². The maximum Gasteiger partial charge on any atom is 0.408 e. The molecule has 29 heteroatoms. The topological polar surface area (TPSA) is 407 Å². The van der Waals surface area contributed by atoms with E-state index in [4.69, 9.17) is 74.2 Å². The van der Waals surface area contributed by atoms with Gasteiger partial charge in [-0.05, 0) is 212 Å². The summed E-state index contributed by atoms with van der Waals surface area (Å²) in [7, 11) is 1.64. The summed E-state index contributed by atoms with van der Waals surface area (Å²) in [5.74, 6) is 3.24. The lowest BCUT2D eigenvalue weighted by atomic mass is 9.99. The van der Waals surface area contributed by atoms with E-state index in [1.54, 1.807) is 124 Å². The number of primary amides is 1. The van der Waals surface area contributed by atoms with Crippen molar-refractivity contribution in [2.24, 2.45) is 17.2 Å². The summed E-state index contributed by atoms with van der Waals surface area (Å²) in [6.07, 6.45) is 19.9. The first-order valence-electron chi connectivity index (χ1n) is 46.2. The fourth-order valence-corrected chi connectivity index (χ4v) is 15.9. The molecule has 10 aromatic carbocycles. The largest absolute Gasteiger partial charge is 0.497 e. The van der Waals surface area contributed by atoms with Crippen LogP contribution in [0.4, 0.5) is 27.9 Å². The van der Waals surface area contributed by atoms with Gasteiger partial charge in [-0.3, -0.25) is 49.2 Å². The predicted octanol–water partition coefficient (Wildman–Crippen LogP) is 22.7. The van der Waals surface area contributed by atoms with Crippen LogP contribution in [0.5, 0.6) is 23.0 Å². The van der Waals surface area contributed by atoms with Crippen molar-refractivity contribution in [2.75, 3.05) is 42.9 Å². The van der Waals surface area contributed by atoms with Crippen LogP contribution < -0.4 is 57.4 Å². The van der Waals surface area contributed by atoms with Gasteiger partial charge in [0.25, 0.3) is 11.8 Å². The van der Waals surface area contributed by atoms with Gasteiger partial charge in [0, 0.05) is 96.4 Å². The number of benzene rings is 10. The number of anilines is 4. The molecule has 144 heavy (non-hydrogen) atoms. The molecule has 10 heterocycles. The monoisotopic (exact) mass is 1920 g/mol. The SMILES string of the molecule is C.COc1ccc(Cn2nc(NC(=O)c3ccccc3)c3cc(-c4cc(OC[C@H](Cc5ccccc5)NC(=O)OC(C)(C)C)cnc4-c4ccoc4)ccc32)cc1.NC(=O)c1ccccc1.N[C@H](COc1cnc(-c2ccoc2)c(-c2ccc3[nH]nc(NC(=O)c4ccccc4)c3c2)c1)Cc1ccccc1.N[C@H](COc1cnc(-c2ccoc2)c(-c2ccc3[nH]nc(Nc4ccncc4)c3c2)c1)Cc1ccccc1. The molecule has 0 saturated carbocycles. The molecule has 3 atom stereocenters. The number of hydrogen-bond donors (Lipinski definition) is 9. The number of aromatic nitrogens is 10. The van der Waals surface area contributed by atoms with Gasteiger partial charge in [0.1, 0.15) is 48.4 Å². The van der Waals surface area contributed by atoms with Crippen molar-refractivity contribution in [3.8, 4) is 90.2 Å². The number of ether oxygens (including phenoxy) is 5. The third-order valence-corrected chi connectivity index (χ3v) is 22.9. The lowest BCUT2D eigenvalue weighted by molar-refractivity contribution is 0.0487. The van der Waals surface area contributed by atoms with Crippen LogP contribution >= 0.6 is 0 Å². The van der Waals surface area contributed by atoms with Gasteiger partial charge < -0.3 is 75.4 Å². The van der Waals surface area contributed by atoms with Crippen molar-refractivity contribution in [3.63, 3.8) is 0 Å². The predicted molar refractivity (Wildman–Crippen MR) is 561 cm³/mol. The number of rotatable bonds is 32. The molecule has 0 fully saturated rings. The maximum atomic E-state index is 13.4. The number of nitrogens with zero attached hydrogens (tertiary/aromatic N) is 8. The van der Waals surface area contributed by atoms with Crippen molar-refractivity contribution >= 4 is 79.7 Å². The average molecular weight is 1920 g/mol. The molecular weight excluding hydrogens is 1810 g/mol. The highest BCUT2D eigenvalue weighted by molar-refractivity contribution is 6.10. The Balaban J connectivity index is 0.000000151. The van der Waals surface area contributed by atoms with Crippen LogP contribution in [-0.4, -0.2) is 125 Å². The van der Waals surface area contributed by atoms with Gasteiger partial charge in [0.2, 0.25) is 5.91 Å². The zero-order chi connectivity index (χ0) is 98.8. The van der Waals surface area contributed by atoms with E-state index < -0.39 is 17.7 Å². The number of fused-ring (bicyclic) bond motifs is 3. The summed E-state index contributed by atoms with van der Waals surface area (Å²) in [5.41, 5.74) is 36.5. The molecule has 0 bridgehead atoms. The van der Waals surface area contributed by atoms with Crippen LogP contribution in [-0.2, 0) is 30.5 Å². The number of carbonyl (C=O) groups excluding carboxylic acids is 4. The van der Waals surface area contributed by atoms with E-state index in [9.17, 15) is 19.2 Å². The van der Waals surface area contributed by atoms with Crippen LogP contribution in [0.2, 0.25) is 0 Å². The maximum absolute atomic E-state index is 13.4. The Bertz CT molecular complexity index is 7590. The quantitative estimate of drug-likeness (QED) is 0.0189. The second kappa shape index (κ2) is 47.3. The lowest BCUT2D eigenvalue weighted by Gasteiger charge is -2.24. The second-order valence-corrected chi connectivity index (χ2v) is 34.6. The number of methoxy groups -OCH3 is 1. The summed E-state index contributed by atoms with van der Waals surface area (Å²) in [6.45, 7) is 6.83. The second-order valence-electron chi connectivity index (χ2n) is 34.6. The summed E-state index contributed by atoms with van der Waals surface area (Å²) in [6, 6.07) is 97.4. The number of nitrogens with two attached hydrogens (primary N) is 3. The van der Waals surface area contributed by atoms with Gasteiger partial charge in [-0.1, -0.05) is 183 Å². The van der Waals surface area contributed by atoms with Gasteiger partial charge >= 0.3 is 6.09 Å². The van der Waals surface area contributed by atoms with Gasteiger partial charge in [-0.25, -0.2) is 4.79 Å². The summed E-state index contributed by atoms with van der Waals surface area (Å²) < 4.78 is 47.5. The minimum atomic E-state index is -0.651. The third-order valence-electron chi connectivity index (χ3n) is 22.9. The molecule has 0 aliphatic heterocycles. The van der Waals surface area contributed by atoms with Crippen LogP contribution in [0.1, 0.15) is 81.5 Å². The molecule has 20 aromatic rings. The summed E-state index contributed by atoms with van der Waals surface area (Å²) >= 11 is 0. The fraction of sp³-hybridized carbons (Fsp3) is 0.139. The molecule has 20 rings (SSSR count). The van der Waals surface area contributed by atoms with E-state index in [0.717, 1.165) is 135 Å². The van der Waals surface area contributed by atoms with Gasteiger partial charge in [-0.15, -0.1) is 0 Å². The fourth-order valence-electron chi connectivity index (χ4n) is 15.9. The molecule has 724 valence electrons. The first kappa shape index (κ1) is 98.7. The average Bonchev–Trinajstić information content (AvgIpc) is 1.57. The highest BCUT2D eigenvalue weighted by Gasteiger charge is 2.26. The normalized spacial score (nSPS) is 11.6. The minimum absolute atomic E-state index is 0. The summed E-state index contributed by atoms with van der Waals surface area (Å²) in [5, 5.41) is 34.6. The number of aromatic amines is 2. The van der Waals surface area contributed by atoms with E-state index >= 15 is 0 Å². The van der Waals surface area contributed by atoms with Gasteiger partial charge in [0.15, 0.2) is 17.5 Å². The first-order chi connectivity index (χ1) is 69.8. The van der Waals surface area contributed by atoms with Crippen LogP contribution in [0, 0.1) is 0 Å². The van der Waals surface area contributed by atoms with Crippen LogP contribution in [0.25, 0.3) is 99.9 Å². The Hall–Kier alpha value is -18.4. The van der Waals surface area contributed by atoms with Crippen molar-refractivity contribution < 1.29 is 56.1 Å². The molecule has 0 aliphatic carbocycles. The van der Waals surface area contributed by atoms with Crippen molar-refractivity contribution in [3.05, 3.63) is 417 Å². The van der Waals surface area contributed by atoms with Crippen molar-refractivity contribution in [1.29, 1.82) is 0 Å². The van der Waals surface area contributed by atoms with Gasteiger partial charge in [-0.2, -0.15) is 15.3 Å². The number of carbonyl (C=O) groups is 4. The molecule has 0 unspecified atom stereocenters. The molecule has 0 spiro atoms. The molecule has 29 nitrogen and oxygen atoms in total. The van der Waals surface area contributed by atoms with Crippen LogP contribution in [0.15, 0.2) is 391 Å². The van der Waals surface area contributed by atoms with E-state index in [2.05, 4.69) is 77.0 Å². The number of nitrogens with one attached hydrogen (secondary N) is 6. The molecule has 0 saturated heterocycles. The molecule has 0 radical (unpaired) electrons. The number of amides is 4. The Morgan fingerprint density at radius 3 is 1.26 bits per heavy atom. The Labute approximate surface area is 831 Å².